The summed E-state index contributed by atoms with van der Waals surface area (Å²) in [7, 11) is 2.09. The summed E-state index contributed by atoms with van der Waals surface area (Å²) in [4.78, 5) is 14.1. The van der Waals surface area contributed by atoms with Crippen molar-refractivity contribution in [3.05, 3.63) is 34.3 Å². The van der Waals surface area contributed by atoms with E-state index in [1.54, 1.807) is 0 Å². The van der Waals surface area contributed by atoms with E-state index in [1.165, 1.54) is 0 Å². The number of ketones is 1. The van der Waals surface area contributed by atoms with E-state index in [9.17, 15) is 4.79 Å². The van der Waals surface area contributed by atoms with E-state index in [4.69, 9.17) is 0 Å². The number of rotatable bonds is 6. The summed E-state index contributed by atoms with van der Waals surface area (Å²) in [5, 5.41) is 0. The van der Waals surface area contributed by atoms with Gasteiger partial charge in [-0.1, -0.05) is 28.1 Å². The molecule has 1 aromatic carbocycles. The van der Waals surface area contributed by atoms with Crippen LogP contribution in [0.2, 0.25) is 0 Å². The van der Waals surface area contributed by atoms with Crippen molar-refractivity contribution in [3.63, 3.8) is 0 Å². The number of hydrogen-bond acceptors (Lipinski definition) is 2. The Labute approximate surface area is 112 Å². The van der Waals surface area contributed by atoms with Crippen molar-refractivity contribution in [2.24, 2.45) is 0 Å². The molecule has 0 atom stereocenters. The van der Waals surface area contributed by atoms with Gasteiger partial charge in [0.2, 0.25) is 0 Å². The molecule has 0 unspecified atom stereocenters. The first-order valence-electron chi connectivity index (χ1n) is 5.99. The highest BCUT2D eigenvalue weighted by Crippen LogP contribution is 2.12. The quantitative estimate of drug-likeness (QED) is 0.745. The standard InChI is InChI=1S/C14H20BrNO/c1-11(2)16(3)10-4-5-14(17)12-6-8-13(15)9-7-12/h6-9,11H,4-5,10H2,1-3H3. The lowest BCUT2D eigenvalue weighted by atomic mass is 10.1. The van der Waals surface area contributed by atoms with Gasteiger partial charge in [0, 0.05) is 22.5 Å². The summed E-state index contributed by atoms with van der Waals surface area (Å²) >= 11 is 3.36. The molecule has 0 saturated carbocycles. The monoisotopic (exact) mass is 297 g/mol. The largest absolute Gasteiger partial charge is 0.304 e. The minimum absolute atomic E-state index is 0.231. The van der Waals surface area contributed by atoms with E-state index in [2.05, 4.69) is 41.7 Å². The highest BCUT2D eigenvalue weighted by molar-refractivity contribution is 9.10. The Morgan fingerprint density at radius 3 is 2.41 bits per heavy atom. The van der Waals surface area contributed by atoms with Gasteiger partial charge in [-0.05, 0) is 46.0 Å². The van der Waals surface area contributed by atoms with Gasteiger partial charge in [-0.3, -0.25) is 4.79 Å². The first kappa shape index (κ1) is 14.4. The second kappa shape index (κ2) is 6.92. The van der Waals surface area contributed by atoms with E-state index < -0.39 is 0 Å². The van der Waals surface area contributed by atoms with Crippen LogP contribution in [0.4, 0.5) is 0 Å². The van der Waals surface area contributed by atoms with Gasteiger partial charge in [0.1, 0.15) is 0 Å². The number of Topliss-reactive ketones (excluding diaryl/α,β-unsaturated/α-hetero) is 1. The molecule has 3 heteroatoms. The van der Waals surface area contributed by atoms with Gasteiger partial charge in [-0.2, -0.15) is 0 Å². The minimum Gasteiger partial charge on any atom is -0.304 e. The lowest BCUT2D eigenvalue weighted by Gasteiger charge is -2.20. The van der Waals surface area contributed by atoms with E-state index in [0.717, 1.165) is 23.0 Å². The lowest BCUT2D eigenvalue weighted by molar-refractivity contribution is 0.0974. The summed E-state index contributed by atoms with van der Waals surface area (Å²) in [6.45, 7) is 5.30. The fourth-order valence-corrected chi connectivity index (χ4v) is 1.79. The predicted octanol–water partition coefficient (Wildman–Crippen LogP) is 3.75. The van der Waals surface area contributed by atoms with Gasteiger partial charge in [0.25, 0.3) is 0 Å². The normalized spacial score (nSPS) is 11.2. The van der Waals surface area contributed by atoms with Crippen LogP contribution in [0, 0.1) is 0 Å². The van der Waals surface area contributed by atoms with Crippen molar-refractivity contribution in [2.45, 2.75) is 32.7 Å². The van der Waals surface area contributed by atoms with Crippen molar-refractivity contribution in [3.8, 4) is 0 Å². The lowest BCUT2D eigenvalue weighted by Crippen LogP contribution is -2.27. The van der Waals surface area contributed by atoms with Crippen LogP contribution in [0.25, 0.3) is 0 Å². The SMILES string of the molecule is CC(C)N(C)CCCC(=O)c1ccc(Br)cc1. The Balaban J connectivity index is 2.37. The topological polar surface area (TPSA) is 20.3 Å². The molecule has 1 rings (SSSR count). The predicted molar refractivity (Wildman–Crippen MR) is 75.5 cm³/mol. The van der Waals surface area contributed by atoms with Crippen LogP contribution in [0.15, 0.2) is 28.7 Å². The van der Waals surface area contributed by atoms with Gasteiger partial charge >= 0.3 is 0 Å². The van der Waals surface area contributed by atoms with Gasteiger partial charge in [0.05, 0.1) is 0 Å². The molecular formula is C14H20BrNO. The molecule has 2 nitrogen and oxygen atoms in total. The maximum absolute atomic E-state index is 11.9. The molecule has 0 amide bonds. The molecule has 0 radical (unpaired) electrons. The Bertz CT molecular complexity index is 359. The third-order valence-electron chi connectivity index (χ3n) is 2.96. The van der Waals surface area contributed by atoms with Crippen molar-refractivity contribution in [2.75, 3.05) is 13.6 Å². The number of carbonyl (C=O) groups excluding carboxylic acids is 1. The van der Waals surface area contributed by atoms with Crippen LogP contribution >= 0.6 is 15.9 Å². The third kappa shape index (κ3) is 5.00. The van der Waals surface area contributed by atoms with Gasteiger partial charge in [-0.25, -0.2) is 0 Å². The van der Waals surface area contributed by atoms with E-state index in [-0.39, 0.29) is 5.78 Å². The molecule has 0 aliphatic heterocycles. The molecule has 0 fully saturated rings. The van der Waals surface area contributed by atoms with Crippen LogP contribution < -0.4 is 0 Å². The highest BCUT2D eigenvalue weighted by Gasteiger charge is 2.07. The molecule has 0 aromatic heterocycles. The van der Waals surface area contributed by atoms with Crippen molar-refractivity contribution < 1.29 is 4.79 Å². The maximum Gasteiger partial charge on any atom is 0.162 e. The van der Waals surface area contributed by atoms with Gasteiger partial charge < -0.3 is 4.90 Å². The van der Waals surface area contributed by atoms with Crippen molar-refractivity contribution in [1.29, 1.82) is 0 Å². The number of hydrogen-bond donors (Lipinski definition) is 0. The van der Waals surface area contributed by atoms with E-state index in [0.29, 0.717) is 12.5 Å². The zero-order chi connectivity index (χ0) is 12.8. The number of carbonyl (C=O) groups is 1. The first-order valence-corrected chi connectivity index (χ1v) is 6.79. The Morgan fingerprint density at radius 2 is 1.88 bits per heavy atom. The van der Waals surface area contributed by atoms with Gasteiger partial charge in [0.15, 0.2) is 5.78 Å². The molecule has 94 valence electrons. The summed E-state index contributed by atoms with van der Waals surface area (Å²) in [6.07, 6.45) is 1.54. The second-order valence-corrected chi connectivity index (χ2v) is 5.52. The van der Waals surface area contributed by atoms with Crippen LogP contribution in [0.5, 0.6) is 0 Å². The summed E-state index contributed by atoms with van der Waals surface area (Å²) in [6, 6.07) is 8.11. The molecule has 17 heavy (non-hydrogen) atoms. The molecular weight excluding hydrogens is 278 g/mol. The molecule has 0 aliphatic carbocycles. The zero-order valence-corrected chi connectivity index (χ0v) is 12.3. The summed E-state index contributed by atoms with van der Waals surface area (Å²) < 4.78 is 1.01. The van der Waals surface area contributed by atoms with Crippen LogP contribution in [0.3, 0.4) is 0 Å². The van der Waals surface area contributed by atoms with E-state index >= 15 is 0 Å². The average molecular weight is 298 g/mol. The second-order valence-electron chi connectivity index (χ2n) is 4.61. The number of benzene rings is 1. The first-order chi connectivity index (χ1) is 8.00. The molecule has 0 bridgehead atoms. The maximum atomic E-state index is 11.9. The van der Waals surface area contributed by atoms with Crippen molar-refractivity contribution in [1.82, 2.24) is 4.90 Å². The minimum atomic E-state index is 0.231. The molecule has 1 aromatic rings. The smallest absolute Gasteiger partial charge is 0.162 e. The average Bonchev–Trinajstić information content (AvgIpc) is 2.29. The van der Waals surface area contributed by atoms with Gasteiger partial charge in [-0.15, -0.1) is 0 Å². The number of halogens is 1. The number of nitrogens with zero attached hydrogens (tertiary/aromatic N) is 1. The Hall–Kier alpha value is -0.670. The summed E-state index contributed by atoms with van der Waals surface area (Å²) in [5.74, 6) is 0.231. The highest BCUT2D eigenvalue weighted by atomic mass is 79.9. The Morgan fingerprint density at radius 1 is 1.29 bits per heavy atom. The molecule has 0 aliphatic rings. The third-order valence-corrected chi connectivity index (χ3v) is 3.49. The van der Waals surface area contributed by atoms with Crippen LogP contribution in [-0.4, -0.2) is 30.3 Å². The molecule has 0 saturated heterocycles. The fourth-order valence-electron chi connectivity index (χ4n) is 1.53. The fraction of sp³-hybridized carbons (Fsp3) is 0.500. The molecule has 0 N–H and O–H groups in total. The summed E-state index contributed by atoms with van der Waals surface area (Å²) in [5.41, 5.74) is 0.806. The molecule has 0 spiro atoms. The van der Waals surface area contributed by atoms with Crippen LogP contribution in [-0.2, 0) is 0 Å². The Kier molecular flexibility index (Phi) is 5.86. The van der Waals surface area contributed by atoms with E-state index in [1.807, 2.05) is 24.3 Å². The molecule has 0 heterocycles. The van der Waals surface area contributed by atoms with Crippen molar-refractivity contribution >= 4 is 21.7 Å². The zero-order valence-electron chi connectivity index (χ0n) is 10.7. The van der Waals surface area contributed by atoms with Crippen LogP contribution in [0.1, 0.15) is 37.0 Å².